The topological polar surface area (TPSA) is 116 Å². The van der Waals surface area contributed by atoms with Gasteiger partial charge in [0.15, 0.2) is 15.8 Å². The number of nitrogens with zero attached hydrogens (tertiary/aromatic N) is 1. The highest BCUT2D eigenvalue weighted by atomic mass is 32.2. The first-order valence-corrected chi connectivity index (χ1v) is 6.99. The van der Waals surface area contributed by atoms with Gasteiger partial charge in [-0.05, 0) is 24.3 Å². The van der Waals surface area contributed by atoms with Gasteiger partial charge in [0.25, 0.3) is 5.91 Å². The Morgan fingerprint density at radius 2 is 1.84 bits per heavy atom. The fourth-order valence-electron chi connectivity index (χ4n) is 1.38. The highest BCUT2D eigenvalue weighted by Gasteiger charge is 2.23. The van der Waals surface area contributed by atoms with Crippen LogP contribution in [-0.4, -0.2) is 26.0 Å². The SMILES string of the molecule is CC(CS(=O)(=O)c1ccc(F)cc1)C(=O)N=C(N)N. The molecule has 4 N–H and O–H groups in total. The molecule has 19 heavy (non-hydrogen) atoms. The summed E-state index contributed by atoms with van der Waals surface area (Å²) in [5.41, 5.74) is 10.1. The lowest BCUT2D eigenvalue weighted by Crippen LogP contribution is -2.27. The molecule has 8 heteroatoms. The summed E-state index contributed by atoms with van der Waals surface area (Å²) in [5.74, 6) is -3.02. The minimum atomic E-state index is -3.70. The van der Waals surface area contributed by atoms with Crippen LogP contribution in [0.25, 0.3) is 0 Å². The van der Waals surface area contributed by atoms with Crippen molar-refractivity contribution in [3.05, 3.63) is 30.1 Å². The van der Waals surface area contributed by atoms with Gasteiger partial charge in [0.1, 0.15) is 5.82 Å². The van der Waals surface area contributed by atoms with E-state index in [1.807, 2.05) is 0 Å². The Morgan fingerprint density at radius 3 is 2.32 bits per heavy atom. The molecule has 1 atom stereocenters. The summed E-state index contributed by atoms with van der Waals surface area (Å²) in [7, 11) is -3.70. The van der Waals surface area contributed by atoms with Gasteiger partial charge < -0.3 is 11.5 Å². The molecule has 0 saturated heterocycles. The minimum absolute atomic E-state index is 0.0572. The average Bonchev–Trinajstić information content (AvgIpc) is 2.27. The molecule has 0 radical (unpaired) electrons. The zero-order valence-corrected chi connectivity index (χ0v) is 11.0. The van der Waals surface area contributed by atoms with Gasteiger partial charge in [0.2, 0.25) is 0 Å². The number of halogens is 1. The first-order valence-electron chi connectivity index (χ1n) is 5.34. The van der Waals surface area contributed by atoms with E-state index in [1.165, 1.54) is 6.92 Å². The Bertz CT molecular complexity index is 592. The third kappa shape index (κ3) is 4.32. The number of hydrogen-bond acceptors (Lipinski definition) is 3. The fourth-order valence-corrected chi connectivity index (χ4v) is 2.92. The zero-order valence-electron chi connectivity index (χ0n) is 10.2. The Kier molecular flexibility index (Phi) is 4.60. The lowest BCUT2D eigenvalue weighted by molar-refractivity contribution is -0.120. The fraction of sp³-hybridized carbons (Fsp3) is 0.273. The number of rotatable bonds is 4. The van der Waals surface area contributed by atoms with Crippen molar-refractivity contribution in [3.63, 3.8) is 0 Å². The predicted molar refractivity (Wildman–Crippen MR) is 68.4 cm³/mol. The number of benzene rings is 1. The van der Waals surface area contributed by atoms with E-state index in [2.05, 4.69) is 4.99 Å². The molecule has 104 valence electrons. The standard InChI is InChI=1S/C11H14FN3O3S/c1-7(10(16)15-11(13)14)6-19(17,18)9-4-2-8(12)3-5-9/h2-5,7H,6H2,1H3,(H4,13,14,15,16). The van der Waals surface area contributed by atoms with Crippen molar-refractivity contribution in [1.29, 1.82) is 0 Å². The maximum absolute atomic E-state index is 12.7. The molecule has 0 spiro atoms. The smallest absolute Gasteiger partial charge is 0.252 e. The maximum atomic E-state index is 12.7. The van der Waals surface area contributed by atoms with Crippen molar-refractivity contribution in [2.75, 3.05) is 5.75 Å². The molecule has 1 rings (SSSR count). The molecule has 0 fully saturated rings. The summed E-state index contributed by atoms with van der Waals surface area (Å²) in [6.45, 7) is 1.40. The quantitative estimate of drug-likeness (QED) is 0.460. The van der Waals surface area contributed by atoms with Gasteiger partial charge in [0, 0.05) is 0 Å². The molecule has 0 saturated carbocycles. The van der Waals surface area contributed by atoms with Gasteiger partial charge in [0.05, 0.1) is 16.6 Å². The lowest BCUT2D eigenvalue weighted by Gasteiger charge is -2.08. The van der Waals surface area contributed by atoms with E-state index in [-0.39, 0.29) is 4.90 Å². The second-order valence-corrected chi connectivity index (χ2v) is 6.05. The largest absolute Gasteiger partial charge is 0.370 e. The molecule has 6 nitrogen and oxygen atoms in total. The molecular formula is C11H14FN3O3S. The van der Waals surface area contributed by atoms with Crippen LogP contribution in [0.3, 0.4) is 0 Å². The van der Waals surface area contributed by atoms with Crippen molar-refractivity contribution < 1.29 is 17.6 Å². The van der Waals surface area contributed by atoms with Crippen LogP contribution in [0, 0.1) is 11.7 Å². The summed E-state index contributed by atoms with van der Waals surface area (Å²) in [4.78, 5) is 14.7. The number of hydrogen-bond donors (Lipinski definition) is 2. The third-order valence-corrected chi connectivity index (χ3v) is 4.23. The number of guanidine groups is 1. The molecule has 1 amide bonds. The summed E-state index contributed by atoms with van der Waals surface area (Å²) >= 11 is 0. The Balaban J connectivity index is 2.89. The Hall–Kier alpha value is -1.96. The second kappa shape index (κ2) is 5.79. The summed E-state index contributed by atoms with van der Waals surface area (Å²) in [6, 6.07) is 4.36. The zero-order chi connectivity index (χ0) is 14.6. The number of carbonyl (C=O) groups is 1. The van der Waals surface area contributed by atoms with Crippen molar-refractivity contribution in [1.82, 2.24) is 0 Å². The first kappa shape index (κ1) is 15.1. The summed E-state index contributed by atoms with van der Waals surface area (Å²) in [5, 5.41) is 0. The number of aliphatic imine (C=N–C) groups is 1. The normalized spacial score (nSPS) is 12.7. The Labute approximate surface area is 110 Å². The number of carbonyl (C=O) groups excluding carboxylic acids is 1. The molecule has 0 heterocycles. The van der Waals surface area contributed by atoms with Crippen LogP contribution in [0.2, 0.25) is 0 Å². The number of nitrogens with two attached hydrogens (primary N) is 2. The van der Waals surface area contributed by atoms with Crippen LogP contribution in [0.1, 0.15) is 6.92 Å². The second-order valence-electron chi connectivity index (χ2n) is 4.01. The van der Waals surface area contributed by atoms with E-state index in [0.717, 1.165) is 24.3 Å². The number of amides is 1. The van der Waals surface area contributed by atoms with Crippen LogP contribution in [0.4, 0.5) is 4.39 Å². The lowest BCUT2D eigenvalue weighted by atomic mass is 10.2. The molecular weight excluding hydrogens is 273 g/mol. The molecule has 1 unspecified atom stereocenters. The molecule has 0 aromatic heterocycles. The van der Waals surface area contributed by atoms with Crippen molar-refractivity contribution in [3.8, 4) is 0 Å². The summed E-state index contributed by atoms with van der Waals surface area (Å²) in [6.07, 6.45) is 0. The van der Waals surface area contributed by atoms with E-state index in [4.69, 9.17) is 11.5 Å². The van der Waals surface area contributed by atoms with E-state index >= 15 is 0 Å². The van der Waals surface area contributed by atoms with Gasteiger partial charge in [-0.25, -0.2) is 12.8 Å². The van der Waals surface area contributed by atoms with Gasteiger partial charge in [-0.15, -0.1) is 0 Å². The average molecular weight is 287 g/mol. The minimum Gasteiger partial charge on any atom is -0.370 e. The highest BCUT2D eigenvalue weighted by molar-refractivity contribution is 7.91. The molecule has 0 bridgehead atoms. The molecule has 0 aliphatic heterocycles. The van der Waals surface area contributed by atoms with Crippen LogP contribution >= 0.6 is 0 Å². The van der Waals surface area contributed by atoms with Crippen molar-refractivity contribution in [2.24, 2.45) is 22.4 Å². The third-order valence-electron chi connectivity index (χ3n) is 2.30. The molecule has 1 aromatic rings. The van der Waals surface area contributed by atoms with Gasteiger partial charge >= 0.3 is 0 Å². The van der Waals surface area contributed by atoms with Crippen LogP contribution < -0.4 is 11.5 Å². The van der Waals surface area contributed by atoms with Crippen LogP contribution in [0.15, 0.2) is 34.2 Å². The van der Waals surface area contributed by atoms with E-state index in [9.17, 15) is 17.6 Å². The van der Waals surface area contributed by atoms with E-state index in [0.29, 0.717) is 0 Å². The van der Waals surface area contributed by atoms with Gasteiger partial charge in [-0.3, -0.25) is 4.79 Å². The predicted octanol–water partition coefficient (Wildman–Crippen LogP) is 0.0355. The first-order chi connectivity index (χ1) is 8.72. The summed E-state index contributed by atoms with van der Waals surface area (Å²) < 4.78 is 36.6. The van der Waals surface area contributed by atoms with E-state index < -0.39 is 39.2 Å². The van der Waals surface area contributed by atoms with Crippen LogP contribution in [-0.2, 0) is 14.6 Å². The van der Waals surface area contributed by atoms with Crippen molar-refractivity contribution in [2.45, 2.75) is 11.8 Å². The van der Waals surface area contributed by atoms with E-state index in [1.54, 1.807) is 0 Å². The highest BCUT2D eigenvalue weighted by Crippen LogP contribution is 2.15. The van der Waals surface area contributed by atoms with Gasteiger partial charge in [-0.2, -0.15) is 4.99 Å². The number of sulfone groups is 1. The molecule has 1 aromatic carbocycles. The van der Waals surface area contributed by atoms with Crippen LogP contribution in [0.5, 0.6) is 0 Å². The molecule has 0 aliphatic carbocycles. The van der Waals surface area contributed by atoms with Crippen molar-refractivity contribution >= 4 is 21.7 Å². The van der Waals surface area contributed by atoms with Gasteiger partial charge in [-0.1, -0.05) is 6.92 Å². The molecule has 0 aliphatic rings. The monoisotopic (exact) mass is 287 g/mol. The Morgan fingerprint density at radius 1 is 1.32 bits per heavy atom. The maximum Gasteiger partial charge on any atom is 0.252 e.